The Labute approximate surface area is 152 Å². The number of hydrogen-bond donors (Lipinski definition) is 1. The summed E-state index contributed by atoms with van der Waals surface area (Å²) in [6.45, 7) is 2.94. The van der Waals surface area contributed by atoms with E-state index in [2.05, 4.69) is 20.4 Å². The lowest BCUT2D eigenvalue weighted by Gasteiger charge is -2.33. The van der Waals surface area contributed by atoms with Gasteiger partial charge in [-0.25, -0.2) is 13.4 Å². The molecule has 1 aliphatic rings. The van der Waals surface area contributed by atoms with Gasteiger partial charge in [-0.05, 0) is 18.9 Å². The average molecular weight is 378 g/mol. The molecule has 2 aromatic heterocycles. The van der Waals surface area contributed by atoms with Gasteiger partial charge in [0.1, 0.15) is 5.69 Å². The van der Waals surface area contributed by atoms with Crippen molar-refractivity contribution in [3.63, 3.8) is 0 Å². The second-order valence-corrected chi connectivity index (χ2v) is 8.25. The van der Waals surface area contributed by atoms with Gasteiger partial charge in [-0.3, -0.25) is 14.5 Å². The number of hydrogen-bond acceptors (Lipinski definition) is 6. The summed E-state index contributed by atoms with van der Waals surface area (Å²) < 4.78 is 28.3. The minimum atomic E-state index is -3.28. The number of aromatic nitrogens is 4. The quantitative estimate of drug-likeness (QED) is 0.755. The first-order chi connectivity index (χ1) is 12.5. The Hall–Kier alpha value is -2.33. The first-order valence-corrected chi connectivity index (χ1v) is 10.2. The Morgan fingerprint density at radius 2 is 2.19 bits per heavy atom. The van der Waals surface area contributed by atoms with Crippen LogP contribution in [-0.2, 0) is 16.6 Å². The lowest BCUT2D eigenvalue weighted by atomic mass is 10.1. The van der Waals surface area contributed by atoms with Crippen molar-refractivity contribution in [2.24, 2.45) is 0 Å². The number of carbonyl (C=O) groups excluding carboxylic acids is 1. The molecule has 3 heterocycles. The average Bonchev–Trinajstić information content (AvgIpc) is 3.11. The molecule has 0 bridgehead atoms. The van der Waals surface area contributed by atoms with Crippen LogP contribution in [0.15, 0.2) is 30.9 Å². The van der Waals surface area contributed by atoms with Crippen molar-refractivity contribution in [3.8, 4) is 0 Å². The zero-order chi connectivity index (χ0) is 18.6. The van der Waals surface area contributed by atoms with Crippen LogP contribution in [0.5, 0.6) is 0 Å². The van der Waals surface area contributed by atoms with Gasteiger partial charge >= 0.3 is 0 Å². The van der Waals surface area contributed by atoms with Crippen LogP contribution in [-0.4, -0.2) is 57.2 Å². The van der Waals surface area contributed by atoms with E-state index in [1.807, 2.05) is 17.7 Å². The zero-order valence-electron chi connectivity index (χ0n) is 14.6. The number of fused-ring (bicyclic) bond motifs is 1. The van der Waals surface area contributed by atoms with Gasteiger partial charge in [0.05, 0.1) is 30.2 Å². The van der Waals surface area contributed by atoms with Gasteiger partial charge in [-0.15, -0.1) is 0 Å². The third-order valence-corrected chi connectivity index (χ3v) is 6.25. The van der Waals surface area contributed by atoms with E-state index >= 15 is 0 Å². The molecule has 3 rings (SSSR count). The molecule has 2 aromatic rings. The maximum absolute atomic E-state index is 12.4. The van der Waals surface area contributed by atoms with Crippen molar-refractivity contribution in [1.82, 2.24) is 29.4 Å². The lowest BCUT2D eigenvalue weighted by molar-refractivity contribution is 0.0944. The Morgan fingerprint density at radius 3 is 2.92 bits per heavy atom. The van der Waals surface area contributed by atoms with Crippen LogP contribution in [0.3, 0.4) is 0 Å². The normalized spacial score (nSPS) is 17.7. The SMILES string of the molecule is CCCS(=O)(=O)N1Cc2ccnn2[C@@H](CCNC(=O)c2cnccn2)C1. The van der Waals surface area contributed by atoms with Crippen LogP contribution in [0, 0.1) is 0 Å². The Balaban J connectivity index is 1.64. The summed E-state index contributed by atoms with van der Waals surface area (Å²) in [6, 6.07) is 1.71. The third kappa shape index (κ3) is 4.07. The summed E-state index contributed by atoms with van der Waals surface area (Å²) in [5, 5.41) is 7.11. The smallest absolute Gasteiger partial charge is 0.271 e. The fourth-order valence-corrected chi connectivity index (χ4v) is 4.53. The predicted molar refractivity (Wildman–Crippen MR) is 94.7 cm³/mol. The number of amides is 1. The van der Waals surface area contributed by atoms with Crippen LogP contribution in [0.25, 0.3) is 0 Å². The topological polar surface area (TPSA) is 110 Å². The van der Waals surface area contributed by atoms with Crippen molar-refractivity contribution in [2.45, 2.75) is 32.4 Å². The molecule has 1 atom stereocenters. The van der Waals surface area contributed by atoms with Gasteiger partial charge in [0, 0.05) is 31.7 Å². The lowest BCUT2D eigenvalue weighted by Crippen LogP contribution is -2.43. The monoisotopic (exact) mass is 378 g/mol. The van der Waals surface area contributed by atoms with Crippen LogP contribution in [0.2, 0.25) is 0 Å². The minimum absolute atomic E-state index is 0.123. The molecule has 0 aromatic carbocycles. The fourth-order valence-electron chi connectivity index (χ4n) is 3.03. The van der Waals surface area contributed by atoms with Crippen LogP contribution in [0.1, 0.15) is 42.0 Å². The zero-order valence-corrected chi connectivity index (χ0v) is 15.4. The number of carbonyl (C=O) groups is 1. The number of rotatable bonds is 7. The van der Waals surface area contributed by atoms with Crippen LogP contribution >= 0.6 is 0 Å². The second-order valence-electron chi connectivity index (χ2n) is 6.16. The summed E-state index contributed by atoms with van der Waals surface area (Å²) in [5.41, 5.74) is 1.12. The number of nitrogens with one attached hydrogen (secondary N) is 1. The van der Waals surface area contributed by atoms with Gasteiger partial charge in [-0.1, -0.05) is 6.92 Å². The number of nitrogens with zero attached hydrogens (tertiary/aromatic N) is 5. The van der Waals surface area contributed by atoms with E-state index in [0.29, 0.717) is 32.5 Å². The second kappa shape index (κ2) is 7.92. The van der Waals surface area contributed by atoms with Gasteiger partial charge in [0.2, 0.25) is 10.0 Å². The van der Waals surface area contributed by atoms with E-state index in [1.54, 1.807) is 6.20 Å². The molecule has 0 spiro atoms. The Morgan fingerprint density at radius 1 is 1.35 bits per heavy atom. The molecule has 26 heavy (non-hydrogen) atoms. The highest BCUT2D eigenvalue weighted by molar-refractivity contribution is 7.89. The Kier molecular flexibility index (Phi) is 5.62. The van der Waals surface area contributed by atoms with Crippen molar-refractivity contribution >= 4 is 15.9 Å². The highest BCUT2D eigenvalue weighted by Gasteiger charge is 2.32. The van der Waals surface area contributed by atoms with E-state index < -0.39 is 10.0 Å². The largest absolute Gasteiger partial charge is 0.351 e. The summed E-state index contributed by atoms with van der Waals surface area (Å²) >= 11 is 0. The highest BCUT2D eigenvalue weighted by atomic mass is 32.2. The maximum atomic E-state index is 12.4. The summed E-state index contributed by atoms with van der Waals surface area (Å²) in [4.78, 5) is 19.9. The highest BCUT2D eigenvalue weighted by Crippen LogP contribution is 2.25. The molecule has 1 aliphatic heterocycles. The molecule has 9 nitrogen and oxygen atoms in total. The maximum Gasteiger partial charge on any atom is 0.271 e. The first-order valence-electron chi connectivity index (χ1n) is 8.55. The van der Waals surface area contributed by atoms with E-state index in [1.165, 1.54) is 22.9 Å². The molecular formula is C16H22N6O3S. The Bertz CT molecular complexity index is 852. The van der Waals surface area contributed by atoms with Crippen molar-refractivity contribution in [2.75, 3.05) is 18.8 Å². The van der Waals surface area contributed by atoms with Crippen molar-refractivity contribution in [1.29, 1.82) is 0 Å². The van der Waals surface area contributed by atoms with Gasteiger partial charge in [-0.2, -0.15) is 9.40 Å². The predicted octanol–water partition coefficient (Wildman–Crippen LogP) is 0.590. The van der Waals surface area contributed by atoms with Crippen LogP contribution in [0.4, 0.5) is 0 Å². The van der Waals surface area contributed by atoms with E-state index in [9.17, 15) is 13.2 Å². The number of sulfonamides is 1. The fraction of sp³-hybridized carbons (Fsp3) is 0.500. The summed E-state index contributed by atoms with van der Waals surface area (Å²) in [6.07, 6.45) is 7.19. The molecule has 1 amide bonds. The molecule has 1 N–H and O–H groups in total. The molecule has 0 saturated carbocycles. The van der Waals surface area contributed by atoms with Crippen LogP contribution < -0.4 is 5.32 Å². The third-order valence-electron chi connectivity index (χ3n) is 4.27. The molecule has 0 unspecified atom stereocenters. The van der Waals surface area contributed by atoms with E-state index in [4.69, 9.17) is 0 Å². The van der Waals surface area contributed by atoms with E-state index in [0.717, 1.165) is 5.69 Å². The standard InChI is InChI=1S/C16H22N6O3S/c1-2-9-26(24,25)21-11-13(22-14(12-21)4-6-20-22)3-5-19-16(23)15-10-17-7-8-18-15/h4,6-8,10,13H,2-3,5,9,11-12H2,1H3,(H,19,23)/t13-/m0/s1. The molecule has 140 valence electrons. The van der Waals surface area contributed by atoms with Gasteiger partial charge < -0.3 is 5.32 Å². The molecule has 0 radical (unpaired) electrons. The summed E-state index contributed by atoms with van der Waals surface area (Å²) in [7, 11) is -3.28. The first kappa shape index (κ1) is 18.5. The molecule has 10 heteroatoms. The van der Waals surface area contributed by atoms with Crippen molar-refractivity contribution in [3.05, 3.63) is 42.2 Å². The minimum Gasteiger partial charge on any atom is -0.351 e. The molecule has 0 saturated heterocycles. The molecule has 0 aliphatic carbocycles. The van der Waals surface area contributed by atoms with E-state index in [-0.39, 0.29) is 23.4 Å². The van der Waals surface area contributed by atoms with Crippen molar-refractivity contribution < 1.29 is 13.2 Å². The van der Waals surface area contributed by atoms with Gasteiger partial charge in [0.25, 0.3) is 5.91 Å². The molecule has 0 fully saturated rings. The van der Waals surface area contributed by atoms with Gasteiger partial charge in [0.15, 0.2) is 0 Å². The summed E-state index contributed by atoms with van der Waals surface area (Å²) in [5.74, 6) is -0.165. The molecular weight excluding hydrogens is 356 g/mol.